The van der Waals surface area contributed by atoms with Crippen molar-refractivity contribution >= 4 is 17.7 Å². The summed E-state index contributed by atoms with van der Waals surface area (Å²) in [5.74, 6) is -0.611. The molecular weight excluding hydrogens is 352 g/mol. The van der Waals surface area contributed by atoms with Gasteiger partial charge in [-0.05, 0) is 19.4 Å². The van der Waals surface area contributed by atoms with E-state index < -0.39 is 46.1 Å². The predicted octanol–water partition coefficient (Wildman–Crippen LogP) is -2.52. The van der Waals surface area contributed by atoms with Gasteiger partial charge in [-0.25, -0.2) is 4.79 Å². The lowest BCUT2D eigenvalue weighted by Gasteiger charge is -2.17. The summed E-state index contributed by atoms with van der Waals surface area (Å²) in [5.41, 5.74) is 9.77. The zero-order chi connectivity index (χ0) is 18.6. The minimum atomic E-state index is -1.26. The number of aliphatic hydroxyl groups is 2. The molecule has 2 unspecified atom stereocenters. The summed E-state index contributed by atoms with van der Waals surface area (Å²) in [6, 6.07) is 0.347. The van der Waals surface area contributed by atoms with Crippen LogP contribution in [0.3, 0.4) is 0 Å². The average Bonchev–Trinajstić information content (AvgIpc) is 2.85. The van der Waals surface area contributed by atoms with Gasteiger partial charge in [0.05, 0.1) is 11.4 Å². The lowest BCUT2D eigenvalue weighted by molar-refractivity contribution is -0.146. The minimum absolute atomic E-state index is 0.160. The summed E-state index contributed by atoms with van der Waals surface area (Å²) in [7, 11) is 0. The molecule has 0 aromatic carbocycles. The monoisotopic (exact) mass is 374 g/mol. The largest absolute Gasteiger partial charge is 0.463 e. The fraction of sp³-hybridized carbons (Fsp3) is 0.643. The van der Waals surface area contributed by atoms with Crippen LogP contribution in [0.25, 0.3) is 0 Å². The third kappa shape index (κ3) is 4.70. The van der Waals surface area contributed by atoms with Crippen molar-refractivity contribution in [3.8, 4) is 0 Å². The van der Waals surface area contributed by atoms with E-state index in [0.29, 0.717) is 19.4 Å². The maximum Gasteiger partial charge on any atom is 0.329 e. The first kappa shape index (κ1) is 19.7. The second-order valence-corrected chi connectivity index (χ2v) is 7.09. The number of ether oxygens (including phenoxy) is 1. The summed E-state index contributed by atoms with van der Waals surface area (Å²) in [6.07, 6.45) is -0.239. The lowest BCUT2D eigenvalue weighted by Crippen LogP contribution is -2.38. The van der Waals surface area contributed by atoms with Crippen molar-refractivity contribution in [2.45, 2.75) is 41.7 Å². The molecule has 10 nitrogen and oxygen atoms in total. The summed E-state index contributed by atoms with van der Waals surface area (Å²) in [6.45, 7) is 0.257. The van der Waals surface area contributed by atoms with Crippen molar-refractivity contribution in [3.63, 3.8) is 0 Å². The molecule has 25 heavy (non-hydrogen) atoms. The van der Waals surface area contributed by atoms with E-state index in [1.54, 1.807) is 0 Å². The Hall–Kier alpha value is -1.66. The van der Waals surface area contributed by atoms with Gasteiger partial charge in [0.15, 0.2) is 0 Å². The Balaban J connectivity index is 1.99. The second kappa shape index (κ2) is 8.63. The van der Waals surface area contributed by atoms with E-state index in [1.165, 1.54) is 6.20 Å². The van der Waals surface area contributed by atoms with Crippen molar-refractivity contribution in [2.24, 2.45) is 11.5 Å². The Bertz CT molecular complexity index is 707. The first-order valence-corrected chi connectivity index (χ1v) is 8.74. The molecule has 0 spiro atoms. The highest BCUT2D eigenvalue weighted by molar-refractivity contribution is 8.00. The van der Waals surface area contributed by atoms with Gasteiger partial charge in [-0.2, -0.15) is 0 Å². The molecule has 0 saturated carbocycles. The SMILES string of the molecule is NCCC[C@@H](N)C(=O)OC[C@H]1S[C@@H](n2ccc(=O)[nH]c2=O)C(O)C1O. The van der Waals surface area contributed by atoms with Gasteiger partial charge in [0.25, 0.3) is 5.56 Å². The van der Waals surface area contributed by atoms with E-state index in [-0.39, 0.29) is 6.61 Å². The van der Waals surface area contributed by atoms with Crippen LogP contribution in [-0.4, -0.2) is 62.4 Å². The topological polar surface area (TPSA) is 174 Å². The smallest absolute Gasteiger partial charge is 0.329 e. The number of nitrogens with one attached hydrogen (secondary N) is 1. The molecule has 0 aliphatic carbocycles. The van der Waals surface area contributed by atoms with Crippen LogP contribution < -0.4 is 22.7 Å². The number of carbonyl (C=O) groups excluding carboxylic acids is 1. The number of hydrogen-bond acceptors (Lipinski definition) is 9. The third-order valence-electron chi connectivity index (χ3n) is 3.87. The summed E-state index contributed by atoms with van der Waals surface area (Å²) in [4.78, 5) is 36.8. The second-order valence-electron chi connectivity index (χ2n) is 5.73. The number of rotatable bonds is 7. The van der Waals surface area contributed by atoms with Crippen molar-refractivity contribution < 1.29 is 19.7 Å². The molecule has 11 heteroatoms. The quantitative estimate of drug-likeness (QED) is 0.323. The Kier molecular flexibility index (Phi) is 6.79. The Morgan fingerprint density at radius 1 is 1.40 bits per heavy atom. The molecule has 7 N–H and O–H groups in total. The summed E-state index contributed by atoms with van der Waals surface area (Å²) < 4.78 is 6.22. The molecule has 0 amide bonds. The molecule has 5 atom stereocenters. The normalized spacial score (nSPS) is 27.2. The maximum atomic E-state index is 11.8. The summed E-state index contributed by atoms with van der Waals surface area (Å²) >= 11 is 1.07. The van der Waals surface area contributed by atoms with Crippen LogP contribution >= 0.6 is 11.8 Å². The van der Waals surface area contributed by atoms with Crippen LogP contribution in [-0.2, 0) is 9.53 Å². The Labute approximate surface area is 147 Å². The number of nitrogens with two attached hydrogens (primary N) is 2. The molecule has 1 aromatic heterocycles. The van der Waals surface area contributed by atoms with Gasteiger partial charge < -0.3 is 26.4 Å². The fourth-order valence-corrected chi connectivity index (χ4v) is 3.90. The number of hydrogen-bond donors (Lipinski definition) is 5. The highest BCUT2D eigenvalue weighted by Crippen LogP contribution is 2.41. The zero-order valence-corrected chi connectivity index (χ0v) is 14.2. The van der Waals surface area contributed by atoms with E-state index in [9.17, 15) is 24.6 Å². The molecule has 1 aromatic rings. The number of aromatic amines is 1. The molecular formula is C14H22N4O6S. The van der Waals surface area contributed by atoms with Gasteiger partial charge in [0.1, 0.15) is 24.1 Å². The highest BCUT2D eigenvalue weighted by atomic mass is 32.2. The maximum absolute atomic E-state index is 11.8. The van der Waals surface area contributed by atoms with Gasteiger partial charge in [0, 0.05) is 12.3 Å². The molecule has 140 valence electrons. The molecule has 1 fully saturated rings. The number of aromatic nitrogens is 2. The number of nitrogens with zero attached hydrogens (tertiary/aromatic N) is 1. The minimum Gasteiger partial charge on any atom is -0.463 e. The number of thioether (sulfide) groups is 1. The van der Waals surface area contributed by atoms with Gasteiger partial charge in [-0.3, -0.25) is 19.1 Å². The van der Waals surface area contributed by atoms with Crippen LogP contribution in [0.2, 0.25) is 0 Å². The first-order chi connectivity index (χ1) is 11.8. The summed E-state index contributed by atoms with van der Waals surface area (Å²) in [5, 5.41) is 18.8. The number of esters is 1. The first-order valence-electron chi connectivity index (χ1n) is 7.80. The number of aliphatic hydroxyl groups excluding tert-OH is 2. The van der Waals surface area contributed by atoms with Crippen LogP contribution in [0.5, 0.6) is 0 Å². The predicted molar refractivity (Wildman–Crippen MR) is 91.0 cm³/mol. The van der Waals surface area contributed by atoms with Crippen molar-refractivity contribution in [2.75, 3.05) is 13.2 Å². The zero-order valence-electron chi connectivity index (χ0n) is 13.4. The molecule has 1 aliphatic rings. The van der Waals surface area contributed by atoms with Crippen molar-refractivity contribution in [1.29, 1.82) is 0 Å². The van der Waals surface area contributed by atoms with E-state index in [0.717, 1.165) is 22.4 Å². The van der Waals surface area contributed by atoms with Crippen LogP contribution in [0.15, 0.2) is 21.9 Å². The van der Waals surface area contributed by atoms with E-state index in [2.05, 4.69) is 4.98 Å². The Morgan fingerprint density at radius 2 is 2.12 bits per heavy atom. The standard InChI is InChI=1S/C14H22N4O6S/c15-4-1-2-7(16)13(22)24-6-8-10(20)11(21)12(25-8)18-5-3-9(19)17-14(18)23/h3,5,7-8,10-12,20-21H,1-2,4,6,15-16H2,(H,17,19,23)/t7-,8-,10?,11?,12-/m1/s1. The van der Waals surface area contributed by atoms with E-state index in [1.807, 2.05) is 0 Å². The fourth-order valence-electron chi connectivity index (χ4n) is 2.45. The van der Waals surface area contributed by atoms with Gasteiger partial charge in [0.2, 0.25) is 0 Å². The third-order valence-corrected chi connectivity index (χ3v) is 5.42. The van der Waals surface area contributed by atoms with E-state index in [4.69, 9.17) is 16.2 Å². The Morgan fingerprint density at radius 3 is 2.76 bits per heavy atom. The van der Waals surface area contributed by atoms with Gasteiger partial charge in [-0.15, -0.1) is 11.8 Å². The molecule has 0 bridgehead atoms. The molecule has 1 saturated heterocycles. The van der Waals surface area contributed by atoms with Crippen molar-refractivity contribution in [3.05, 3.63) is 33.1 Å². The van der Waals surface area contributed by atoms with Crippen molar-refractivity contribution in [1.82, 2.24) is 9.55 Å². The number of H-pyrrole nitrogens is 1. The molecule has 0 radical (unpaired) electrons. The van der Waals surface area contributed by atoms with Crippen LogP contribution in [0.4, 0.5) is 0 Å². The number of carbonyl (C=O) groups is 1. The lowest BCUT2D eigenvalue weighted by atomic mass is 10.1. The van der Waals surface area contributed by atoms with Crippen LogP contribution in [0.1, 0.15) is 18.2 Å². The van der Waals surface area contributed by atoms with Gasteiger partial charge >= 0.3 is 11.7 Å². The molecule has 2 rings (SSSR count). The molecule has 2 heterocycles. The average molecular weight is 374 g/mol. The highest BCUT2D eigenvalue weighted by Gasteiger charge is 2.44. The van der Waals surface area contributed by atoms with Crippen LogP contribution in [0, 0.1) is 0 Å². The molecule has 1 aliphatic heterocycles. The van der Waals surface area contributed by atoms with Gasteiger partial charge in [-0.1, -0.05) is 0 Å². The van der Waals surface area contributed by atoms with E-state index >= 15 is 0 Å².